The van der Waals surface area contributed by atoms with Gasteiger partial charge in [0.05, 0.1) is 0 Å². The van der Waals surface area contributed by atoms with Gasteiger partial charge >= 0.3 is 5.97 Å². The summed E-state index contributed by atoms with van der Waals surface area (Å²) in [5.41, 5.74) is 0.488. The third-order valence-corrected chi connectivity index (χ3v) is 6.50. The molecule has 1 fully saturated rings. The molecule has 0 saturated heterocycles. The third kappa shape index (κ3) is 3.34. The molecule has 0 spiro atoms. The van der Waals surface area contributed by atoms with Crippen molar-refractivity contribution in [1.29, 1.82) is 0 Å². The first-order chi connectivity index (χ1) is 8.90. The molecule has 1 aromatic heterocycles. The Morgan fingerprint density at radius 1 is 1.37 bits per heavy atom. The van der Waals surface area contributed by atoms with Gasteiger partial charge in [0.25, 0.3) is 0 Å². The minimum atomic E-state index is -3.59. The Morgan fingerprint density at radius 3 is 2.53 bits per heavy atom. The van der Waals surface area contributed by atoms with Crippen molar-refractivity contribution in [3.05, 3.63) is 16.5 Å². The number of aromatic carboxylic acids is 1. The third-order valence-electron chi connectivity index (χ3n) is 3.28. The van der Waals surface area contributed by atoms with Crippen LogP contribution in [0.2, 0.25) is 0 Å². The van der Waals surface area contributed by atoms with Crippen LogP contribution in [0.1, 0.15) is 47.3 Å². The van der Waals surface area contributed by atoms with Crippen molar-refractivity contribution in [2.45, 2.75) is 49.3 Å². The fraction of sp³-hybridized carbons (Fsp3) is 0.583. The fourth-order valence-electron chi connectivity index (χ4n) is 2.30. The summed E-state index contributed by atoms with van der Waals surface area (Å²) in [6.45, 7) is 1.61. The molecule has 2 N–H and O–H groups in total. The van der Waals surface area contributed by atoms with Crippen LogP contribution in [0.4, 0.5) is 0 Å². The van der Waals surface area contributed by atoms with Gasteiger partial charge in [-0.3, -0.25) is 0 Å². The van der Waals surface area contributed by atoms with Crippen molar-refractivity contribution in [3.8, 4) is 0 Å². The Kier molecular flexibility index (Phi) is 4.27. The molecular weight excluding hydrogens is 286 g/mol. The highest BCUT2D eigenvalue weighted by molar-refractivity contribution is 7.91. The van der Waals surface area contributed by atoms with Gasteiger partial charge in [0.2, 0.25) is 10.0 Å². The maximum Gasteiger partial charge on any atom is 0.346 e. The summed E-state index contributed by atoms with van der Waals surface area (Å²) in [7, 11) is -3.59. The number of rotatable bonds is 4. The maximum absolute atomic E-state index is 12.2. The number of hydrogen-bond donors (Lipinski definition) is 2. The highest BCUT2D eigenvalue weighted by Crippen LogP contribution is 2.27. The molecule has 5 nitrogen and oxygen atoms in total. The Bertz CT molecular complexity index is 571. The van der Waals surface area contributed by atoms with E-state index in [-0.39, 0.29) is 15.1 Å². The van der Waals surface area contributed by atoms with Crippen molar-refractivity contribution in [2.75, 3.05) is 0 Å². The van der Waals surface area contributed by atoms with Gasteiger partial charge in [-0.25, -0.2) is 17.9 Å². The maximum atomic E-state index is 12.2. The van der Waals surface area contributed by atoms with Crippen LogP contribution in [0.5, 0.6) is 0 Å². The standard InChI is InChI=1S/C12H17NO4S2/c1-8-7-10(18-11(8)12(14)15)19(16,17)13-9-5-3-2-4-6-9/h7,9,13H,2-6H2,1H3,(H,14,15). The molecule has 1 aromatic rings. The number of carboxylic acids is 1. The van der Waals surface area contributed by atoms with Crippen molar-refractivity contribution < 1.29 is 18.3 Å². The molecule has 0 aromatic carbocycles. The Hall–Kier alpha value is -0.920. The number of thiophene rings is 1. The number of aryl methyl sites for hydroxylation is 1. The molecule has 2 rings (SSSR count). The zero-order chi connectivity index (χ0) is 14.0. The van der Waals surface area contributed by atoms with Gasteiger partial charge in [-0.1, -0.05) is 19.3 Å². The number of sulfonamides is 1. The molecule has 0 bridgehead atoms. The van der Waals surface area contributed by atoms with Crippen LogP contribution in [-0.4, -0.2) is 25.5 Å². The van der Waals surface area contributed by atoms with Crippen molar-refractivity contribution >= 4 is 27.3 Å². The number of hydrogen-bond acceptors (Lipinski definition) is 4. The Morgan fingerprint density at radius 2 is 2.00 bits per heavy atom. The predicted octanol–water partition coefficient (Wildman–Crippen LogP) is 2.37. The SMILES string of the molecule is Cc1cc(S(=O)(=O)NC2CCCCC2)sc1C(=O)O. The van der Waals surface area contributed by atoms with E-state index in [0.717, 1.165) is 43.4 Å². The first-order valence-corrected chi connectivity index (χ1v) is 8.56. The molecule has 0 aliphatic heterocycles. The monoisotopic (exact) mass is 303 g/mol. The lowest BCUT2D eigenvalue weighted by atomic mass is 9.96. The minimum absolute atomic E-state index is 0.0190. The zero-order valence-corrected chi connectivity index (χ0v) is 12.3. The normalized spacial score (nSPS) is 17.5. The fourth-order valence-corrected chi connectivity index (χ4v) is 5.00. The zero-order valence-electron chi connectivity index (χ0n) is 10.7. The summed E-state index contributed by atoms with van der Waals surface area (Å²) in [6.07, 6.45) is 4.94. The molecule has 0 amide bonds. The lowest BCUT2D eigenvalue weighted by Gasteiger charge is -2.22. The quantitative estimate of drug-likeness (QED) is 0.894. The second-order valence-electron chi connectivity index (χ2n) is 4.84. The van der Waals surface area contributed by atoms with Crippen molar-refractivity contribution in [2.24, 2.45) is 0 Å². The van der Waals surface area contributed by atoms with Gasteiger partial charge < -0.3 is 5.11 Å². The van der Waals surface area contributed by atoms with Crippen LogP contribution in [0.3, 0.4) is 0 Å². The Balaban J connectivity index is 2.19. The number of nitrogens with one attached hydrogen (secondary N) is 1. The molecule has 1 aliphatic carbocycles. The van der Waals surface area contributed by atoms with Crippen molar-refractivity contribution in [1.82, 2.24) is 4.72 Å². The minimum Gasteiger partial charge on any atom is -0.477 e. The molecule has 1 aliphatic rings. The van der Waals surface area contributed by atoms with E-state index in [1.807, 2.05) is 0 Å². The second kappa shape index (κ2) is 5.60. The van der Waals surface area contributed by atoms with E-state index < -0.39 is 16.0 Å². The van der Waals surface area contributed by atoms with E-state index >= 15 is 0 Å². The highest BCUT2D eigenvalue weighted by atomic mass is 32.2. The first kappa shape index (κ1) is 14.5. The molecule has 1 saturated carbocycles. The molecule has 0 radical (unpaired) electrons. The van der Waals surface area contributed by atoms with Crippen LogP contribution in [0.15, 0.2) is 10.3 Å². The number of carbonyl (C=O) groups is 1. The smallest absolute Gasteiger partial charge is 0.346 e. The summed E-state index contributed by atoms with van der Waals surface area (Å²) in [6, 6.07) is 1.41. The van der Waals surface area contributed by atoms with Crippen LogP contribution in [-0.2, 0) is 10.0 Å². The first-order valence-electron chi connectivity index (χ1n) is 6.26. The van der Waals surface area contributed by atoms with Crippen LogP contribution < -0.4 is 4.72 Å². The van der Waals surface area contributed by atoms with Crippen LogP contribution >= 0.6 is 11.3 Å². The molecule has 0 unspecified atom stereocenters. The Labute approximate surface area is 116 Å². The van der Waals surface area contributed by atoms with Crippen LogP contribution in [0, 0.1) is 6.92 Å². The number of carboxylic acid groups (broad SMARTS) is 1. The van der Waals surface area contributed by atoms with Gasteiger partial charge in [0.1, 0.15) is 9.09 Å². The van der Waals surface area contributed by atoms with Gasteiger partial charge in [-0.05, 0) is 31.4 Å². The molecule has 7 heteroatoms. The molecule has 106 valence electrons. The van der Waals surface area contributed by atoms with Crippen LogP contribution in [0.25, 0.3) is 0 Å². The van der Waals surface area contributed by atoms with Gasteiger partial charge in [-0.15, -0.1) is 11.3 Å². The average molecular weight is 303 g/mol. The molecular formula is C12H17NO4S2. The molecule has 0 atom stereocenters. The highest BCUT2D eigenvalue weighted by Gasteiger charge is 2.25. The van der Waals surface area contributed by atoms with E-state index in [1.165, 1.54) is 6.07 Å². The summed E-state index contributed by atoms with van der Waals surface area (Å²) < 4.78 is 27.2. The van der Waals surface area contributed by atoms with E-state index in [4.69, 9.17) is 5.11 Å². The van der Waals surface area contributed by atoms with Gasteiger partial charge in [0.15, 0.2) is 0 Å². The molecule has 19 heavy (non-hydrogen) atoms. The summed E-state index contributed by atoms with van der Waals surface area (Å²) in [4.78, 5) is 11.0. The lowest BCUT2D eigenvalue weighted by molar-refractivity contribution is 0.0701. The predicted molar refractivity (Wildman–Crippen MR) is 73.2 cm³/mol. The summed E-state index contributed by atoms with van der Waals surface area (Å²) in [5.74, 6) is -1.08. The molecule has 1 heterocycles. The summed E-state index contributed by atoms with van der Waals surface area (Å²) in [5, 5.41) is 8.96. The van der Waals surface area contributed by atoms with E-state index in [2.05, 4.69) is 4.72 Å². The summed E-state index contributed by atoms with van der Waals surface area (Å²) >= 11 is 0.813. The van der Waals surface area contributed by atoms with E-state index in [0.29, 0.717) is 5.56 Å². The average Bonchev–Trinajstić information content (AvgIpc) is 2.73. The van der Waals surface area contributed by atoms with Gasteiger partial charge in [-0.2, -0.15) is 0 Å². The van der Waals surface area contributed by atoms with E-state index in [1.54, 1.807) is 6.92 Å². The largest absolute Gasteiger partial charge is 0.477 e. The topological polar surface area (TPSA) is 83.5 Å². The van der Waals surface area contributed by atoms with Gasteiger partial charge in [0, 0.05) is 6.04 Å². The lowest BCUT2D eigenvalue weighted by Crippen LogP contribution is -2.35. The van der Waals surface area contributed by atoms with E-state index in [9.17, 15) is 13.2 Å². The second-order valence-corrected chi connectivity index (χ2v) is 7.83. The van der Waals surface area contributed by atoms with Crippen molar-refractivity contribution in [3.63, 3.8) is 0 Å².